The van der Waals surface area contributed by atoms with Gasteiger partial charge in [-0.2, -0.15) is 0 Å². The van der Waals surface area contributed by atoms with Gasteiger partial charge in [-0.15, -0.1) is 0 Å². The molecule has 0 aromatic heterocycles. The maximum absolute atomic E-state index is 2.21. The van der Waals surface area contributed by atoms with Gasteiger partial charge in [-0.3, -0.25) is 0 Å². The maximum atomic E-state index is 2.21. The molecule has 0 N–H and O–H groups in total. The van der Waals surface area contributed by atoms with E-state index >= 15 is 0 Å². The second kappa shape index (κ2) is 28.0. The minimum absolute atomic E-state index is 1.11. The normalized spacial score (nSPS) is 9.47. The molecular formula is C55H66. The van der Waals surface area contributed by atoms with Gasteiger partial charge in [-0.25, -0.2) is 0 Å². The topological polar surface area (TPSA) is 0 Å². The van der Waals surface area contributed by atoms with Gasteiger partial charge in [0.15, 0.2) is 0 Å². The van der Waals surface area contributed by atoms with Gasteiger partial charge >= 0.3 is 0 Å². The zero-order valence-corrected chi connectivity index (χ0v) is 35.2. The van der Waals surface area contributed by atoms with E-state index in [4.69, 9.17) is 0 Å². The molecule has 0 nitrogen and oxygen atoms in total. The summed E-state index contributed by atoms with van der Waals surface area (Å²) in [6, 6.07) is 66.1. The lowest BCUT2D eigenvalue weighted by Gasteiger charge is -2.04. The van der Waals surface area contributed by atoms with Crippen molar-refractivity contribution in [2.75, 3.05) is 0 Å². The van der Waals surface area contributed by atoms with Crippen molar-refractivity contribution in [3.63, 3.8) is 0 Å². The molecule has 0 aliphatic heterocycles. The first-order valence-corrected chi connectivity index (χ1v) is 20.3. The summed E-state index contributed by atoms with van der Waals surface area (Å²) in [5.74, 6) is 0. The number of hydrogen-bond donors (Lipinski definition) is 0. The second-order valence-electron chi connectivity index (χ2n) is 13.2. The third-order valence-corrected chi connectivity index (χ3v) is 8.94. The van der Waals surface area contributed by atoms with Crippen LogP contribution in [0.25, 0.3) is 22.3 Å². The Morgan fingerprint density at radius 1 is 0.236 bits per heavy atom. The number of rotatable bonds is 6. The van der Waals surface area contributed by atoms with E-state index in [1.807, 2.05) is 68.4 Å². The first-order valence-electron chi connectivity index (χ1n) is 20.3. The van der Waals surface area contributed by atoms with Crippen LogP contribution in [0, 0.1) is 20.8 Å². The highest BCUT2D eigenvalue weighted by atomic mass is 14.0. The Hall–Kier alpha value is -5.46. The summed E-state index contributed by atoms with van der Waals surface area (Å²) in [6.45, 7) is 19.0. The van der Waals surface area contributed by atoms with Crippen molar-refractivity contribution in [2.45, 2.75) is 88.0 Å². The van der Waals surface area contributed by atoms with Gasteiger partial charge in [-0.1, -0.05) is 246 Å². The fourth-order valence-corrected chi connectivity index (χ4v) is 5.33. The lowest BCUT2D eigenvalue weighted by atomic mass is 10.0. The van der Waals surface area contributed by atoms with Crippen LogP contribution in [-0.2, 0) is 25.7 Å². The summed E-state index contributed by atoms with van der Waals surface area (Å²) in [7, 11) is 0. The molecule has 0 aliphatic carbocycles. The highest BCUT2D eigenvalue weighted by Gasteiger charge is 1.99. The van der Waals surface area contributed by atoms with Crippen LogP contribution >= 0.6 is 0 Å². The van der Waals surface area contributed by atoms with E-state index in [1.54, 1.807) is 0 Å². The molecule has 0 bridgehead atoms. The molecule has 0 fully saturated rings. The van der Waals surface area contributed by atoms with Crippen molar-refractivity contribution in [1.29, 1.82) is 0 Å². The van der Waals surface area contributed by atoms with Crippen LogP contribution in [0.5, 0.6) is 0 Å². The summed E-state index contributed by atoms with van der Waals surface area (Å²) in [6.07, 6.45) is 4.42. The molecule has 0 heteroatoms. The second-order valence-corrected chi connectivity index (χ2v) is 13.2. The van der Waals surface area contributed by atoms with Crippen LogP contribution in [0.1, 0.15) is 80.5 Å². The van der Waals surface area contributed by atoms with Crippen LogP contribution in [0.15, 0.2) is 188 Å². The minimum atomic E-state index is 1.11. The van der Waals surface area contributed by atoms with Crippen LogP contribution in [0.3, 0.4) is 0 Å². The Labute approximate surface area is 336 Å². The molecule has 0 saturated heterocycles. The Bertz CT molecular complexity index is 1630. The van der Waals surface area contributed by atoms with Crippen molar-refractivity contribution < 1.29 is 0 Å². The summed E-state index contributed by atoms with van der Waals surface area (Å²) < 4.78 is 0. The van der Waals surface area contributed by atoms with E-state index in [9.17, 15) is 0 Å². The Balaban J connectivity index is 0.000000248. The molecule has 0 radical (unpaired) electrons. The monoisotopic (exact) mass is 727 g/mol. The van der Waals surface area contributed by atoms with Gasteiger partial charge in [0.2, 0.25) is 0 Å². The molecule has 286 valence electrons. The molecule has 0 unspecified atom stereocenters. The van der Waals surface area contributed by atoms with Gasteiger partial charge in [0.25, 0.3) is 0 Å². The van der Waals surface area contributed by atoms with Crippen molar-refractivity contribution in [3.8, 4) is 22.3 Å². The first-order chi connectivity index (χ1) is 26.8. The van der Waals surface area contributed by atoms with Gasteiger partial charge in [0, 0.05) is 0 Å². The SMILES string of the molecule is CC.CCc1ccc(-c2ccc(CC)cc2)cc1.CCc1ccc(-c2ccc(CC)cc2)cc1.Cc1ccccc1.Cc1ccccc1.Cc1ccccc1. The van der Waals surface area contributed by atoms with E-state index in [0.29, 0.717) is 0 Å². The van der Waals surface area contributed by atoms with Gasteiger partial charge < -0.3 is 0 Å². The lowest BCUT2D eigenvalue weighted by Crippen LogP contribution is -1.83. The van der Waals surface area contributed by atoms with E-state index < -0.39 is 0 Å². The fourth-order valence-electron chi connectivity index (χ4n) is 5.33. The molecule has 0 saturated carbocycles. The summed E-state index contributed by atoms with van der Waals surface area (Å²) in [5.41, 5.74) is 14.8. The summed E-state index contributed by atoms with van der Waals surface area (Å²) >= 11 is 0. The first kappa shape index (κ1) is 45.7. The standard InChI is InChI=1S/2C16H18.3C7H8.C2H6/c2*1-3-13-5-9-15(10-6-13)16-11-7-14(4-2)8-12-16;3*1-7-5-3-2-4-6-7;1-2/h2*5-12H,3-4H2,1-2H3;3*2-6H,1H3;1-2H3. The molecule has 7 aromatic carbocycles. The molecule has 0 aliphatic rings. The molecule has 0 heterocycles. The largest absolute Gasteiger partial charge is 0.0683 e. The van der Waals surface area contributed by atoms with Gasteiger partial charge in [0.1, 0.15) is 0 Å². The lowest BCUT2D eigenvalue weighted by molar-refractivity contribution is 1.14. The van der Waals surface area contributed by atoms with Crippen molar-refractivity contribution >= 4 is 0 Å². The Morgan fingerprint density at radius 2 is 0.400 bits per heavy atom. The van der Waals surface area contributed by atoms with Crippen LogP contribution in [0.2, 0.25) is 0 Å². The quantitative estimate of drug-likeness (QED) is 0.160. The Morgan fingerprint density at radius 3 is 0.509 bits per heavy atom. The minimum Gasteiger partial charge on any atom is -0.0683 e. The highest BCUT2D eigenvalue weighted by molar-refractivity contribution is 5.64. The number of aryl methyl sites for hydroxylation is 7. The van der Waals surface area contributed by atoms with Gasteiger partial charge in [0.05, 0.1) is 0 Å². The molecule has 55 heavy (non-hydrogen) atoms. The van der Waals surface area contributed by atoms with Gasteiger partial charge in [-0.05, 0) is 91.0 Å². The van der Waals surface area contributed by atoms with Crippen LogP contribution < -0.4 is 0 Å². The predicted molar refractivity (Wildman–Crippen MR) is 246 cm³/mol. The zero-order chi connectivity index (χ0) is 40.1. The predicted octanol–water partition coefficient (Wildman–Crippen LogP) is 16.0. The van der Waals surface area contributed by atoms with Crippen molar-refractivity contribution in [1.82, 2.24) is 0 Å². The summed E-state index contributed by atoms with van der Waals surface area (Å²) in [4.78, 5) is 0. The molecule has 7 aromatic rings. The molecule has 0 atom stereocenters. The smallest absolute Gasteiger partial charge is 0.0184 e. The molecule has 0 amide bonds. The average Bonchev–Trinajstić information content (AvgIpc) is 3.26. The molecule has 0 spiro atoms. The molecule has 7 rings (SSSR count). The number of benzene rings is 7. The van der Waals surface area contributed by atoms with E-state index in [-0.39, 0.29) is 0 Å². The zero-order valence-electron chi connectivity index (χ0n) is 35.2. The van der Waals surface area contributed by atoms with Crippen molar-refractivity contribution in [2.24, 2.45) is 0 Å². The average molecular weight is 727 g/mol. The maximum Gasteiger partial charge on any atom is -0.0184 e. The number of hydrogen-bond acceptors (Lipinski definition) is 0. The van der Waals surface area contributed by atoms with Crippen LogP contribution in [-0.4, -0.2) is 0 Å². The van der Waals surface area contributed by atoms with Crippen LogP contribution in [0.4, 0.5) is 0 Å². The third kappa shape index (κ3) is 18.9. The van der Waals surface area contributed by atoms with E-state index in [2.05, 4.69) is 182 Å². The Kier molecular flexibility index (Phi) is 23.3. The molecular weight excluding hydrogens is 661 g/mol. The van der Waals surface area contributed by atoms with Crippen molar-refractivity contribution in [3.05, 3.63) is 227 Å². The highest BCUT2D eigenvalue weighted by Crippen LogP contribution is 2.22. The fraction of sp³-hybridized carbons (Fsp3) is 0.236. The summed E-state index contributed by atoms with van der Waals surface area (Å²) in [5, 5.41) is 0. The van der Waals surface area contributed by atoms with E-state index in [0.717, 1.165) is 25.7 Å². The third-order valence-electron chi connectivity index (χ3n) is 8.94. The van der Waals surface area contributed by atoms with E-state index in [1.165, 1.54) is 61.2 Å².